The van der Waals surface area contributed by atoms with Gasteiger partial charge in [-0.05, 0) is 18.6 Å². The molecule has 1 aromatic rings. The average Bonchev–Trinajstić information content (AvgIpc) is 2.40. The molecule has 0 amide bonds. The van der Waals surface area contributed by atoms with Gasteiger partial charge < -0.3 is 19.9 Å². The van der Waals surface area contributed by atoms with Crippen molar-refractivity contribution in [3.8, 4) is 5.75 Å². The number of benzene rings is 1. The monoisotopic (exact) mass is 263 g/mol. The Hall–Kier alpha value is -2.01. The van der Waals surface area contributed by atoms with Crippen LogP contribution in [-0.4, -0.2) is 32.8 Å². The highest BCUT2D eigenvalue weighted by atomic mass is 16.5. The van der Waals surface area contributed by atoms with Crippen LogP contribution in [0.25, 0.3) is 11.3 Å². The molecule has 1 unspecified atom stereocenters. The van der Waals surface area contributed by atoms with E-state index in [1.165, 1.54) is 0 Å². The summed E-state index contributed by atoms with van der Waals surface area (Å²) in [6.45, 7) is 2.04. The van der Waals surface area contributed by atoms with Crippen LogP contribution in [0.4, 0.5) is 0 Å². The second-order valence-corrected chi connectivity index (χ2v) is 4.06. The summed E-state index contributed by atoms with van der Waals surface area (Å²) in [5.41, 5.74) is 8.31. The molecule has 0 bridgehead atoms. The van der Waals surface area contributed by atoms with E-state index in [1.54, 1.807) is 21.1 Å². The highest BCUT2D eigenvalue weighted by Crippen LogP contribution is 2.47. The third-order valence-corrected chi connectivity index (χ3v) is 3.06. The number of nitrogens with two attached hydrogens (primary N) is 1. The van der Waals surface area contributed by atoms with Crippen molar-refractivity contribution in [3.05, 3.63) is 29.3 Å². The number of methoxy groups -OCH3 is 2. The number of hydrogen-bond acceptors (Lipinski definition) is 5. The Kier molecular flexibility index (Phi) is 3.76. The normalized spacial score (nSPS) is 14.3. The Morgan fingerprint density at radius 3 is 2.63 bits per heavy atom. The lowest BCUT2D eigenvalue weighted by Crippen LogP contribution is -2.37. The van der Waals surface area contributed by atoms with E-state index in [-0.39, 0.29) is 0 Å². The Morgan fingerprint density at radius 2 is 2.05 bits per heavy atom. The second-order valence-electron chi connectivity index (χ2n) is 4.06. The molecule has 0 fully saturated rings. The minimum absolute atomic E-state index is 0.299. The molecule has 1 aromatic carbocycles. The Labute approximate surface area is 111 Å². The summed E-state index contributed by atoms with van der Waals surface area (Å²) >= 11 is 0. The summed E-state index contributed by atoms with van der Waals surface area (Å²) in [5, 5.41) is 0. The lowest BCUT2D eigenvalue weighted by Gasteiger charge is -2.30. The lowest BCUT2D eigenvalue weighted by molar-refractivity contribution is -0.143. The Bertz CT molecular complexity index is 536. The van der Waals surface area contributed by atoms with E-state index in [9.17, 15) is 4.79 Å². The number of rotatable bonds is 5. The summed E-state index contributed by atoms with van der Waals surface area (Å²) in [7, 11) is 3.13. The maximum Gasteiger partial charge on any atom is 0.327 e. The van der Waals surface area contributed by atoms with Crippen molar-refractivity contribution in [1.82, 2.24) is 0 Å². The van der Waals surface area contributed by atoms with Crippen LogP contribution in [0.1, 0.15) is 18.1 Å². The zero-order valence-electron chi connectivity index (χ0n) is 11.2. The smallest absolute Gasteiger partial charge is 0.327 e. The highest BCUT2D eigenvalue weighted by molar-refractivity contribution is 6.10. The molecular formula is C14H17NO4. The van der Waals surface area contributed by atoms with E-state index in [2.05, 4.69) is 0 Å². The van der Waals surface area contributed by atoms with E-state index in [1.807, 2.05) is 18.2 Å². The zero-order chi connectivity index (χ0) is 14.0. The van der Waals surface area contributed by atoms with Crippen LogP contribution in [0.5, 0.6) is 5.75 Å². The van der Waals surface area contributed by atoms with Gasteiger partial charge in [-0.1, -0.05) is 12.1 Å². The van der Waals surface area contributed by atoms with Gasteiger partial charge in [-0.15, -0.1) is 0 Å². The Morgan fingerprint density at radius 1 is 1.32 bits per heavy atom. The molecule has 2 rings (SSSR count). The summed E-state index contributed by atoms with van der Waals surface area (Å²) in [6.07, 6.45) is 0. The summed E-state index contributed by atoms with van der Waals surface area (Å²) in [4.78, 5) is 11.7. The van der Waals surface area contributed by atoms with Gasteiger partial charge in [-0.2, -0.15) is 0 Å². The van der Waals surface area contributed by atoms with E-state index in [4.69, 9.17) is 19.9 Å². The molecule has 1 aliphatic rings. The lowest BCUT2D eigenvalue weighted by atomic mass is 9.81. The third kappa shape index (κ3) is 2.06. The highest BCUT2D eigenvalue weighted by Gasteiger charge is 2.37. The summed E-state index contributed by atoms with van der Waals surface area (Å²) < 4.78 is 15.5. The molecule has 0 spiro atoms. The van der Waals surface area contributed by atoms with Crippen LogP contribution >= 0.6 is 0 Å². The maximum atomic E-state index is 11.7. The molecule has 1 atom stereocenters. The van der Waals surface area contributed by atoms with Crippen LogP contribution in [0, 0.1) is 0 Å². The molecule has 5 nitrogen and oxygen atoms in total. The minimum Gasteiger partial charge on any atom is -0.496 e. The molecule has 0 aliphatic heterocycles. The van der Waals surface area contributed by atoms with Gasteiger partial charge in [0.2, 0.25) is 0 Å². The van der Waals surface area contributed by atoms with Gasteiger partial charge in [0, 0.05) is 5.57 Å². The van der Waals surface area contributed by atoms with Gasteiger partial charge in [-0.3, -0.25) is 0 Å². The van der Waals surface area contributed by atoms with Crippen molar-refractivity contribution in [2.75, 3.05) is 20.8 Å². The third-order valence-electron chi connectivity index (χ3n) is 3.06. The molecule has 102 valence electrons. The second kappa shape index (κ2) is 5.32. The summed E-state index contributed by atoms with van der Waals surface area (Å²) in [6, 6.07) is 4.73. The number of carbonyl (C=O) groups is 1. The van der Waals surface area contributed by atoms with Crippen LogP contribution in [0.15, 0.2) is 18.2 Å². The molecule has 5 heteroatoms. The van der Waals surface area contributed by atoms with Crippen molar-refractivity contribution in [2.24, 2.45) is 5.73 Å². The first-order valence-electron chi connectivity index (χ1n) is 6.03. The number of hydrogen-bond donors (Lipinski definition) is 1. The van der Waals surface area contributed by atoms with Gasteiger partial charge in [0.1, 0.15) is 17.6 Å². The number of esters is 1. The topological polar surface area (TPSA) is 70.8 Å². The molecule has 0 radical (unpaired) electrons. The summed E-state index contributed by atoms with van der Waals surface area (Å²) in [5.74, 6) is 0.836. The molecular weight excluding hydrogens is 246 g/mol. The molecule has 0 saturated carbocycles. The molecule has 0 heterocycles. The fourth-order valence-electron chi connectivity index (χ4n) is 2.23. The first-order chi connectivity index (χ1) is 9.15. The predicted octanol–water partition coefficient (Wildman–Crippen LogP) is 1.41. The first kappa shape index (κ1) is 13.4. The van der Waals surface area contributed by atoms with Crippen molar-refractivity contribution >= 4 is 17.3 Å². The minimum atomic E-state index is -0.838. The van der Waals surface area contributed by atoms with Crippen molar-refractivity contribution < 1.29 is 19.0 Å². The van der Waals surface area contributed by atoms with Gasteiger partial charge in [0.05, 0.1) is 26.4 Å². The van der Waals surface area contributed by atoms with E-state index in [0.29, 0.717) is 23.7 Å². The fourth-order valence-corrected chi connectivity index (χ4v) is 2.23. The van der Waals surface area contributed by atoms with Gasteiger partial charge in [0.15, 0.2) is 0 Å². The fraction of sp³-hybridized carbons (Fsp3) is 0.357. The van der Waals surface area contributed by atoms with E-state index < -0.39 is 12.0 Å². The molecule has 0 aromatic heterocycles. The number of carbonyl (C=O) groups excluding carboxylic acids is 1. The van der Waals surface area contributed by atoms with Gasteiger partial charge in [0.25, 0.3) is 0 Å². The number of ether oxygens (including phenoxy) is 3. The van der Waals surface area contributed by atoms with E-state index >= 15 is 0 Å². The van der Waals surface area contributed by atoms with Crippen molar-refractivity contribution in [1.29, 1.82) is 0 Å². The van der Waals surface area contributed by atoms with E-state index in [0.717, 1.165) is 11.1 Å². The Balaban J connectivity index is 2.38. The average molecular weight is 263 g/mol. The van der Waals surface area contributed by atoms with Crippen LogP contribution in [0.2, 0.25) is 0 Å². The first-order valence-corrected chi connectivity index (χ1v) is 6.03. The largest absolute Gasteiger partial charge is 0.496 e. The van der Waals surface area contributed by atoms with Crippen LogP contribution < -0.4 is 10.5 Å². The predicted molar refractivity (Wildman–Crippen MR) is 71.4 cm³/mol. The van der Waals surface area contributed by atoms with Crippen molar-refractivity contribution in [3.63, 3.8) is 0 Å². The number of fused-ring (bicyclic) bond motifs is 1. The van der Waals surface area contributed by atoms with Crippen LogP contribution in [0.3, 0.4) is 0 Å². The molecule has 0 saturated heterocycles. The van der Waals surface area contributed by atoms with Gasteiger partial charge in [-0.25, -0.2) is 4.79 Å². The van der Waals surface area contributed by atoms with Gasteiger partial charge >= 0.3 is 5.97 Å². The zero-order valence-corrected chi connectivity index (χ0v) is 11.2. The van der Waals surface area contributed by atoms with Crippen LogP contribution in [-0.2, 0) is 14.3 Å². The molecule has 19 heavy (non-hydrogen) atoms. The quantitative estimate of drug-likeness (QED) is 0.813. The van der Waals surface area contributed by atoms with Crippen molar-refractivity contribution in [2.45, 2.75) is 13.0 Å². The maximum absolute atomic E-state index is 11.7. The molecule has 2 N–H and O–H groups in total. The molecule has 1 aliphatic carbocycles. The standard InChI is InChI=1S/C14H17NO4/c1-4-19-14(16)12(15)11-8-6-5-7-9(17-2)10(8)13(11)18-3/h5-7,12H,4,15H2,1-3H3. The SMILES string of the molecule is CCOC(=O)C(N)C1=C(OC)c2c(OC)cccc21.